The van der Waals surface area contributed by atoms with Crippen molar-refractivity contribution in [3.8, 4) is 0 Å². The zero-order chi connectivity index (χ0) is 21.7. The molecule has 1 N–H and O–H groups in total. The number of ether oxygens (including phenoxy) is 1. The number of hydrogen-bond acceptors (Lipinski definition) is 4. The van der Waals surface area contributed by atoms with E-state index in [0.29, 0.717) is 29.8 Å². The van der Waals surface area contributed by atoms with E-state index in [9.17, 15) is 9.90 Å². The number of aliphatic hydroxyl groups is 1. The Morgan fingerprint density at radius 2 is 1.32 bits per heavy atom. The Bertz CT molecular complexity index is 771. The molecule has 0 spiro atoms. The van der Waals surface area contributed by atoms with Crippen molar-refractivity contribution in [2.45, 2.75) is 82.0 Å². The molecular weight excluding hydrogens is 386 g/mol. The van der Waals surface area contributed by atoms with Gasteiger partial charge in [0.2, 0.25) is 5.60 Å². The van der Waals surface area contributed by atoms with E-state index in [1.165, 1.54) is 51.4 Å². The molecule has 0 bridgehead atoms. The lowest BCUT2D eigenvalue weighted by atomic mass is 9.86. The lowest BCUT2D eigenvalue weighted by molar-refractivity contribution is -0.164. The number of carbonyl (C=O) groups is 1. The van der Waals surface area contributed by atoms with Gasteiger partial charge in [-0.25, -0.2) is 4.79 Å². The van der Waals surface area contributed by atoms with Crippen molar-refractivity contribution < 1.29 is 14.6 Å². The van der Waals surface area contributed by atoms with Gasteiger partial charge in [-0.05, 0) is 43.7 Å². The second kappa shape index (κ2) is 9.97. The minimum atomic E-state index is -1.81. The Hall–Kier alpha value is -2.17. The molecule has 2 aliphatic carbocycles. The molecular formula is C27H35NO3. The van der Waals surface area contributed by atoms with Crippen LogP contribution in [0, 0.1) is 0 Å². The molecule has 2 aromatic rings. The molecule has 1 atom stereocenters. The normalized spacial score (nSPS) is 19.1. The SMILES string of the molecule is C[C@H](COC(=O)C(O)(c1ccccc1)c1ccccc1)N(C1CCCC1)C1CCCC1. The molecule has 0 radical (unpaired) electrons. The smallest absolute Gasteiger partial charge is 0.347 e. The molecule has 2 aliphatic rings. The van der Waals surface area contributed by atoms with E-state index in [1.807, 2.05) is 36.4 Å². The molecule has 4 nitrogen and oxygen atoms in total. The zero-order valence-electron chi connectivity index (χ0n) is 18.6. The van der Waals surface area contributed by atoms with E-state index in [2.05, 4.69) is 11.8 Å². The van der Waals surface area contributed by atoms with Gasteiger partial charge in [0.25, 0.3) is 0 Å². The number of benzene rings is 2. The number of hydrogen-bond donors (Lipinski definition) is 1. The minimum absolute atomic E-state index is 0.144. The van der Waals surface area contributed by atoms with Crippen molar-refractivity contribution >= 4 is 5.97 Å². The molecule has 0 saturated heterocycles. The van der Waals surface area contributed by atoms with Gasteiger partial charge < -0.3 is 9.84 Å². The maximum atomic E-state index is 13.3. The fourth-order valence-electron chi connectivity index (χ4n) is 5.57. The summed E-state index contributed by atoms with van der Waals surface area (Å²) in [6.45, 7) is 2.47. The molecule has 4 rings (SSSR count). The molecule has 0 amide bonds. The molecule has 0 aliphatic heterocycles. The zero-order valence-corrected chi connectivity index (χ0v) is 18.6. The first kappa shape index (κ1) is 22.0. The lowest BCUT2D eigenvalue weighted by Crippen LogP contribution is -2.49. The van der Waals surface area contributed by atoms with Crippen LogP contribution >= 0.6 is 0 Å². The van der Waals surface area contributed by atoms with Crippen LogP contribution in [0.15, 0.2) is 60.7 Å². The van der Waals surface area contributed by atoms with Crippen molar-refractivity contribution in [3.63, 3.8) is 0 Å². The second-order valence-electron chi connectivity index (χ2n) is 9.21. The first-order valence-corrected chi connectivity index (χ1v) is 11.9. The Balaban J connectivity index is 1.52. The third-order valence-electron chi connectivity index (χ3n) is 7.14. The van der Waals surface area contributed by atoms with Crippen LogP contribution in [0.25, 0.3) is 0 Å². The van der Waals surface area contributed by atoms with Gasteiger partial charge in [0, 0.05) is 18.1 Å². The number of esters is 1. The highest BCUT2D eigenvalue weighted by atomic mass is 16.6. The first-order chi connectivity index (χ1) is 15.1. The summed E-state index contributed by atoms with van der Waals surface area (Å²) < 4.78 is 5.85. The summed E-state index contributed by atoms with van der Waals surface area (Å²) in [4.78, 5) is 16.0. The average molecular weight is 422 g/mol. The molecule has 31 heavy (non-hydrogen) atoms. The van der Waals surface area contributed by atoms with Gasteiger partial charge in [0.15, 0.2) is 0 Å². The van der Waals surface area contributed by atoms with Gasteiger partial charge in [-0.3, -0.25) is 4.90 Å². The highest BCUT2D eigenvalue weighted by molar-refractivity contribution is 5.85. The molecule has 0 heterocycles. The van der Waals surface area contributed by atoms with Gasteiger partial charge in [-0.15, -0.1) is 0 Å². The topological polar surface area (TPSA) is 49.8 Å². The quantitative estimate of drug-likeness (QED) is 0.607. The monoisotopic (exact) mass is 421 g/mol. The predicted octanol–water partition coefficient (Wildman–Crippen LogP) is 5.04. The summed E-state index contributed by atoms with van der Waals surface area (Å²) in [5.41, 5.74) is -0.752. The van der Waals surface area contributed by atoms with Crippen LogP contribution in [0.4, 0.5) is 0 Å². The Morgan fingerprint density at radius 1 is 0.903 bits per heavy atom. The Kier molecular flexibility index (Phi) is 7.09. The molecule has 4 heteroatoms. The summed E-state index contributed by atoms with van der Waals surface area (Å²) in [6, 6.07) is 19.5. The summed E-state index contributed by atoms with van der Waals surface area (Å²) in [5.74, 6) is -0.602. The predicted molar refractivity (Wildman–Crippen MR) is 123 cm³/mol. The summed E-state index contributed by atoms with van der Waals surface area (Å²) in [7, 11) is 0. The van der Waals surface area contributed by atoms with E-state index in [-0.39, 0.29) is 6.04 Å². The van der Waals surface area contributed by atoms with Crippen molar-refractivity contribution in [1.29, 1.82) is 0 Å². The number of rotatable bonds is 8. The van der Waals surface area contributed by atoms with Crippen molar-refractivity contribution in [2.75, 3.05) is 6.61 Å². The average Bonchev–Trinajstić information content (AvgIpc) is 3.53. The van der Waals surface area contributed by atoms with E-state index in [0.717, 1.165) is 0 Å². The first-order valence-electron chi connectivity index (χ1n) is 11.9. The van der Waals surface area contributed by atoms with E-state index in [1.54, 1.807) is 24.3 Å². The summed E-state index contributed by atoms with van der Waals surface area (Å²) >= 11 is 0. The van der Waals surface area contributed by atoms with Gasteiger partial charge in [-0.2, -0.15) is 0 Å². The molecule has 2 fully saturated rings. The minimum Gasteiger partial charge on any atom is -0.461 e. The van der Waals surface area contributed by atoms with Crippen LogP contribution in [0.3, 0.4) is 0 Å². The number of carbonyl (C=O) groups excluding carboxylic acids is 1. The maximum Gasteiger partial charge on any atom is 0.347 e. The van der Waals surface area contributed by atoms with E-state index < -0.39 is 11.6 Å². The van der Waals surface area contributed by atoms with Crippen LogP contribution in [0.2, 0.25) is 0 Å². The van der Waals surface area contributed by atoms with Crippen LogP contribution in [-0.4, -0.2) is 40.7 Å². The van der Waals surface area contributed by atoms with Crippen LogP contribution in [-0.2, 0) is 15.1 Å². The van der Waals surface area contributed by atoms with Gasteiger partial charge >= 0.3 is 5.97 Å². The highest BCUT2D eigenvalue weighted by Crippen LogP contribution is 2.34. The fraction of sp³-hybridized carbons (Fsp3) is 0.519. The van der Waals surface area contributed by atoms with Gasteiger partial charge in [-0.1, -0.05) is 86.3 Å². The van der Waals surface area contributed by atoms with Crippen LogP contribution in [0.1, 0.15) is 69.4 Å². The number of nitrogens with zero attached hydrogens (tertiary/aromatic N) is 1. The van der Waals surface area contributed by atoms with Crippen molar-refractivity contribution in [2.24, 2.45) is 0 Å². The third-order valence-corrected chi connectivity index (χ3v) is 7.14. The Labute approximate surface area is 186 Å². The highest BCUT2D eigenvalue weighted by Gasteiger charge is 2.42. The third kappa shape index (κ3) is 4.70. The molecule has 2 aromatic carbocycles. The fourth-order valence-corrected chi connectivity index (χ4v) is 5.57. The van der Waals surface area contributed by atoms with Crippen LogP contribution < -0.4 is 0 Å². The lowest BCUT2D eigenvalue weighted by Gasteiger charge is -2.39. The summed E-state index contributed by atoms with van der Waals surface area (Å²) in [6.07, 6.45) is 10.1. The standard InChI is InChI=1S/C27H35NO3/c1-21(28(24-16-8-9-17-24)25-18-10-11-19-25)20-31-26(29)27(30,22-12-4-2-5-13-22)23-14-6-3-7-15-23/h2-7,12-15,21,24-25,30H,8-11,16-20H2,1H3/t21-/m1/s1. The molecule has 2 saturated carbocycles. The largest absolute Gasteiger partial charge is 0.461 e. The molecule has 0 unspecified atom stereocenters. The summed E-state index contributed by atoms with van der Waals surface area (Å²) in [5, 5.41) is 11.6. The van der Waals surface area contributed by atoms with E-state index >= 15 is 0 Å². The van der Waals surface area contributed by atoms with Crippen LogP contribution in [0.5, 0.6) is 0 Å². The van der Waals surface area contributed by atoms with Gasteiger partial charge in [0.05, 0.1) is 0 Å². The van der Waals surface area contributed by atoms with E-state index in [4.69, 9.17) is 4.74 Å². The Morgan fingerprint density at radius 3 is 1.74 bits per heavy atom. The maximum absolute atomic E-state index is 13.3. The van der Waals surface area contributed by atoms with Crippen molar-refractivity contribution in [1.82, 2.24) is 4.90 Å². The van der Waals surface area contributed by atoms with Gasteiger partial charge in [0.1, 0.15) is 6.61 Å². The second-order valence-corrected chi connectivity index (χ2v) is 9.21. The molecule has 166 valence electrons. The molecule has 0 aromatic heterocycles. The van der Waals surface area contributed by atoms with Crippen molar-refractivity contribution in [3.05, 3.63) is 71.8 Å².